The number of hydrogen-bond acceptors (Lipinski definition) is 4. The lowest BCUT2D eigenvalue weighted by molar-refractivity contribution is 0.0933. The molecule has 1 aliphatic heterocycles. The molecule has 174 valence electrons. The summed E-state index contributed by atoms with van der Waals surface area (Å²) in [5, 5.41) is 3.16. The minimum atomic E-state index is -0.124. The number of fused-ring (bicyclic) bond motifs is 1. The van der Waals surface area contributed by atoms with Gasteiger partial charge in [0.1, 0.15) is 18.0 Å². The molecule has 6 nitrogen and oxygen atoms in total. The lowest BCUT2D eigenvalue weighted by Crippen LogP contribution is -2.36. The number of aryl methyl sites for hydroxylation is 1. The number of carbonyl (C=O) groups excluding carboxylic acids is 1. The predicted octanol–water partition coefficient (Wildman–Crippen LogP) is 4.79. The zero-order valence-corrected chi connectivity index (χ0v) is 19.5. The molecule has 2 aromatic carbocycles. The number of nitrogens with one attached hydrogen (secondary N) is 1. The quantitative estimate of drug-likeness (QED) is 0.416. The Bertz CT molecular complexity index is 1260. The van der Waals surface area contributed by atoms with Gasteiger partial charge in [0.2, 0.25) is 0 Å². The Balaban J connectivity index is 1.28. The Morgan fingerprint density at radius 3 is 2.59 bits per heavy atom. The van der Waals surface area contributed by atoms with Crippen LogP contribution in [0.2, 0.25) is 0 Å². The van der Waals surface area contributed by atoms with Crippen molar-refractivity contribution in [2.45, 2.75) is 32.4 Å². The number of para-hydroxylation sites is 1. The van der Waals surface area contributed by atoms with Crippen LogP contribution in [-0.4, -0.2) is 39.8 Å². The van der Waals surface area contributed by atoms with E-state index < -0.39 is 0 Å². The van der Waals surface area contributed by atoms with E-state index >= 15 is 0 Å². The molecule has 3 heterocycles. The fraction of sp³-hybridized carbons (Fsp3) is 0.286. The summed E-state index contributed by atoms with van der Waals surface area (Å²) in [6.07, 6.45) is 6.35. The van der Waals surface area contributed by atoms with Gasteiger partial charge >= 0.3 is 0 Å². The Labute approximate surface area is 200 Å². The van der Waals surface area contributed by atoms with Crippen LogP contribution in [0.15, 0.2) is 79.1 Å². The highest BCUT2D eigenvalue weighted by Crippen LogP contribution is 2.25. The van der Waals surface area contributed by atoms with Crippen molar-refractivity contribution in [1.29, 1.82) is 0 Å². The Kier molecular flexibility index (Phi) is 6.58. The van der Waals surface area contributed by atoms with E-state index in [1.165, 1.54) is 18.4 Å². The molecule has 0 radical (unpaired) electrons. The third-order valence-corrected chi connectivity index (χ3v) is 6.46. The molecule has 6 heteroatoms. The molecule has 0 aliphatic carbocycles. The van der Waals surface area contributed by atoms with Gasteiger partial charge in [0.25, 0.3) is 5.91 Å². The maximum absolute atomic E-state index is 13.2. The summed E-state index contributed by atoms with van der Waals surface area (Å²) >= 11 is 0. The molecule has 4 aromatic rings. The largest absolute Gasteiger partial charge is 0.486 e. The Morgan fingerprint density at radius 1 is 1.03 bits per heavy atom. The molecule has 0 bridgehead atoms. The van der Waals surface area contributed by atoms with Crippen molar-refractivity contribution in [3.05, 3.63) is 102 Å². The lowest BCUT2D eigenvalue weighted by Gasteiger charge is -2.28. The normalized spacial score (nSPS) is 14.9. The van der Waals surface area contributed by atoms with Crippen molar-refractivity contribution in [3.63, 3.8) is 0 Å². The minimum Gasteiger partial charge on any atom is -0.486 e. The molecule has 1 atom stereocenters. The van der Waals surface area contributed by atoms with Crippen LogP contribution >= 0.6 is 0 Å². The van der Waals surface area contributed by atoms with E-state index in [0.29, 0.717) is 24.5 Å². The zero-order chi connectivity index (χ0) is 23.3. The molecule has 2 aromatic heterocycles. The highest BCUT2D eigenvalue weighted by atomic mass is 16.5. The van der Waals surface area contributed by atoms with E-state index in [2.05, 4.69) is 39.5 Å². The molecular formula is C28H30N4O2. The third kappa shape index (κ3) is 4.82. The first-order chi connectivity index (χ1) is 16.7. The number of carbonyl (C=O) groups is 1. The van der Waals surface area contributed by atoms with Gasteiger partial charge in [-0.15, -0.1) is 0 Å². The zero-order valence-electron chi connectivity index (χ0n) is 19.5. The smallest absolute Gasteiger partial charge is 0.255 e. The number of amides is 1. The van der Waals surface area contributed by atoms with Gasteiger partial charge in [-0.25, -0.2) is 4.98 Å². The summed E-state index contributed by atoms with van der Waals surface area (Å²) in [6, 6.07) is 22.0. The average Bonchev–Trinajstić information content (AvgIpc) is 3.55. The molecule has 1 saturated heterocycles. The second kappa shape index (κ2) is 10.1. The molecule has 1 fully saturated rings. The number of aromatic nitrogens is 2. The molecule has 34 heavy (non-hydrogen) atoms. The first-order valence-corrected chi connectivity index (χ1v) is 11.9. The number of likely N-dealkylation sites (tertiary alicyclic amines) is 1. The van der Waals surface area contributed by atoms with Crippen molar-refractivity contribution < 1.29 is 9.53 Å². The topological polar surface area (TPSA) is 58.9 Å². The average molecular weight is 455 g/mol. The van der Waals surface area contributed by atoms with Crippen molar-refractivity contribution in [3.8, 4) is 5.75 Å². The number of rotatable bonds is 8. The van der Waals surface area contributed by atoms with Crippen LogP contribution in [0.1, 0.15) is 46.1 Å². The summed E-state index contributed by atoms with van der Waals surface area (Å²) in [6.45, 7) is 5.02. The van der Waals surface area contributed by atoms with Gasteiger partial charge in [-0.1, -0.05) is 48.5 Å². The summed E-state index contributed by atoms with van der Waals surface area (Å²) in [4.78, 5) is 20.3. The summed E-state index contributed by atoms with van der Waals surface area (Å²) in [7, 11) is 0. The van der Waals surface area contributed by atoms with E-state index in [1.807, 2.05) is 66.2 Å². The van der Waals surface area contributed by atoms with E-state index in [0.717, 1.165) is 30.0 Å². The number of benzene rings is 2. The molecule has 1 amide bonds. The van der Waals surface area contributed by atoms with Crippen LogP contribution in [0, 0.1) is 6.92 Å². The Morgan fingerprint density at radius 2 is 1.79 bits per heavy atom. The highest BCUT2D eigenvalue weighted by Gasteiger charge is 2.24. The van der Waals surface area contributed by atoms with Crippen LogP contribution in [0.3, 0.4) is 0 Å². The van der Waals surface area contributed by atoms with E-state index in [4.69, 9.17) is 4.74 Å². The third-order valence-electron chi connectivity index (χ3n) is 6.46. The van der Waals surface area contributed by atoms with Gasteiger partial charge in [0.05, 0.1) is 17.3 Å². The van der Waals surface area contributed by atoms with Gasteiger partial charge in [-0.05, 0) is 62.2 Å². The van der Waals surface area contributed by atoms with Gasteiger partial charge in [-0.2, -0.15) is 0 Å². The van der Waals surface area contributed by atoms with Gasteiger partial charge in [-0.3, -0.25) is 9.69 Å². The van der Waals surface area contributed by atoms with Crippen LogP contribution in [0.4, 0.5) is 0 Å². The van der Waals surface area contributed by atoms with E-state index in [9.17, 15) is 4.79 Å². The monoisotopic (exact) mass is 454 g/mol. The molecule has 5 rings (SSSR count). The molecule has 0 unspecified atom stereocenters. The number of nitrogens with zero attached hydrogens (tertiary/aromatic N) is 3. The lowest BCUT2D eigenvalue weighted by atomic mass is 10.1. The van der Waals surface area contributed by atoms with Gasteiger partial charge < -0.3 is 14.5 Å². The molecule has 0 saturated carbocycles. The highest BCUT2D eigenvalue weighted by molar-refractivity contribution is 5.96. The summed E-state index contributed by atoms with van der Waals surface area (Å²) in [5.74, 6) is 0.438. The van der Waals surface area contributed by atoms with Crippen molar-refractivity contribution >= 4 is 11.6 Å². The SMILES string of the molecule is Cc1cccn2cc(COc3ccccc3C(=O)NC[C@@H](c3ccccc3)N3CCCC3)nc12. The number of imidazole rings is 1. The second-order valence-corrected chi connectivity index (χ2v) is 8.82. The maximum atomic E-state index is 13.2. The maximum Gasteiger partial charge on any atom is 0.255 e. The molecular weight excluding hydrogens is 424 g/mol. The molecule has 1 N–H and O–H groups in total. The first kappa shape index (κ1) is 22.2. The van der Waals surface area contributed by atoms with E-state index in [-0.39, 0.29) is 11.9 Å². The van der Waals surface area contributed by atoms with Crippen molar-refractivity contribution in [2.24, 2.45) is 0 Å². The minimum absolute atomic E-state index is 0.124. The standard InChI is InChI=1S/C28H30N4O2/c1-21-10-9-17-32-19-23(30-27(21)32)20-34-26-14-6-5-13-24(26)28(33)29-18-25(31-15-7-8-16-31)22-11-3-2-4-12-22/h2-6,9-14,17,19,25H,7-8,15-16,18,20H2,1H3,(H,29,33)/t25-/m0/s1. The summed E-state index contributed by atoms with van der Waals surface area (Å²) in [5.41, 5.74) is 4.62. The van der Waals surface area contributed by atoms with Gasteiger partial charge in [0, 0.05) is 18.9 Å². The number of hydrogen-bond donors (Lipinski definition) is 1. The molecule has 1 aliphatic rings. The van der Waals surface area contributed by atoms with Crippen LogP contribution in [-0.2, 0) is 6.61 Å². The van der Waals surface area contributed by atoms with Crippen LogP contribution in [0.5, 0.6) is 5.75 Å². The van der Waals surface area contributed by atoms with Crippen molar-refractivity contribution in [2.75, 3.05) is 19.6 Å². The number of pyridine rings is 1. The van der Waals surface area contributed by atoms with E-state index in [1.54, 1.807) is 0 Å². The number of ether oxygens (including phenoxy) is 1. The Hall–Kier alpha value is -3.64. The van der Waals surface area contributed by atoms with Crippen LogP contribution in [0.25, 0.3) is 5.65 Å². The van der Waals surface area contributed by atoms with Crippen molar-refractivity contribution in [1.82, 2.24) is 19.6 Å². The molecule has 0 spiro atoms. The van der Waals surface area contributed by atoms with Gasteiger partial charge in [0.15, 0.2) is 0 Å². The fourth-order valence-electron chi connectivity index (χ4n) is 4.68. The fourth-order valence-corrected chi connectivity index (χ4v) is 4.68. The predicted molar refractivity (Wildman–Crippen MR) is 133 cm³/mol. The van der Waals surface area contributed by atoms with Crippen LogP contribution < -0.4 is 10.1 Å². The first-order valence-electron chi connectivity index (χ1n) is 11.9. The second-order valence-electron chi connectivity index (χ2n) is 8.82. The summed E-state index contributed by atoms with van der Waals surface area (Å²) < 4.78 is 8.05.